The topological polar surface area (TPSA) is 98.7 Å². The monoisotopic (exact) mass is 422 g/mol. The molecule has 2 aromatic heterocycles. The van der Waals surface area contributed by atoms with Crippen LogP contribution in [0.15, 0.2) is 34.8 Å². The number of hydrogen-bond donors (Lipinski definition) is 1. The van der Waals surface area contributed by atoms with Crippen LogP contribution in [0.25, 0.3) is 0 Å². The lowest BCUT2D eigenvalue weighted by molar-refractivity contribution is 0.230. The van der Waals surface area contributed by atoms with Crippen LogP contribution in [0, 0.1) is 0 Å². The first-order valence-corrected chi connectivity index (χ1v) is 11.5. The lowest BCUT2D eigenvalue weighted by atomic mass is 10.2. The maximum atomic E-state index is 12.6. The number of amides is 2. The van der Waals surface area contributed by atoms with Gasteiger partial charge in [0.2, 0.25) is 5.95 Å². The lowest BCUT2D eigenvalue weighted by Crippen LogP contribution is -2.47. The van der Waals surface area contributed by atoms with Gasteiger partial charge in [-0.15, -0.1) is 11.3 Å². The van der Waals surface area contributed by atoms with Crippen LogP contribution in [0.1, 0.15) is 12.8 Å². The van der Waals surface area contributed by atoms with E-state index in [1.165, 1.54) is 17.4 Å². The number of rotatable bonds is 6. The molecular weight excluding hydrogens is 400 g/mol. The summed E-state index contributed by atoms with van der Waals surface area (Å²) in [5.41, 5.74) is 0. The van der Waals surface area contributed by atoms with Crippen LogP contribution < -0.4 is 10.2 Å². The van der Waals surface area contributed by atoms with Gasteiger partial charge in [-0.3, -0.25) is 10.2 Å². The van der Waals surface area contributed by atoms with E-state index < -0.39 is 16.1 Å². The summed E-state index contributed by atoms with van der Waals surface area (Å²) in [6, 6.07) is 2.78. The Morgan fingerprint density at radius 2 is 1.79 bits per heavy atom. The van der Waals surface area contributed by atoms with Crippen molar-refractivity contribution in [2.75, 3.05) is 49.5 Å². The molecule has 1 saturated heterocycles. The van der Waals surface area contributed by atoms with Crippen molar-refractivity contribution < 1.29 is 13.2 Å². The molecule has 150 valence electrons. The third kappa shape index (κ3) is 3.82. The van der Waals surface area contributed by atoms with E-state index in [2.05, 4.69) is 25.1 Å². The van der Waals surface area contributed by atoms with E-state index in [4.69, 9.17) is 0 Å². The van der Waals surface area contributed by atoms with E-state index in [0.29, 0.717) is 11.4 Å². The highest BCUT2D eigenvalue weighted by atomic mass is 32.2. The molecule has 0 unspecified atom stereocenters. The summed E-state index contributed by atoms with van der Waals surface area (Å²) in [5.74, 6) is 0.760. The molecule has 9 nitrogen and oxygen atoms in total. The second-order valence-electron chi connectivity index (χ2n) is 6.71. The van der Waals surface area contributed by atoms with Gasteiger partial charge < -0.3 is 4.90 Å². The largest absolute Gasteiger partial charge is 0.338 e. The highest BCUT2D eigenvalue weighted by Gasteiger charge is 2.36. The van der Waals surface area contributed by atoms with Gasteiger partial charge in [0.25, 0.3) is 10.0 Å². The molecule has 28 heavy (non-hydrogen) atoms. The van der Waals surface area contributed by atoms with Crippen molar-refractivity contribution in [3.05, 3.63) is 29.9 Å². The van der Waals surface area contributed by atoms with Crippen LogP contribution in [0.3, 0.4) is 0 Å². The van der Waals surface area contributed by atoms with Crippen molar-refractivity contribution in [1.82, 2.24) is 19.2 Å². The zero-order chi connectivity index (χ0) is 19.6. The number of nitrogens with zero attached hydrogens (tertiary/aromatic N) is 5. The number of thiophene rings is 1. The Labute approximate surface area is 168 Å². The number of nitrogens with one attached hydrogen (secondary N) is 1. The second kappa shape index (κ2) is 8.02. The SMILES string of the molecule is O=C1Nc2sccc2S(=O)(=O)N1CCCCN1CCN(c2ncccn2)CC1. The molecule has 0 aromatic carbocycles. The highest BCUT2D eigenvalue weighted by Crippen LogP contribution is 2.34. The fraction of sp³-hybridized carbons (Fsp3) is 0.471. The molecule has 0 atom stereocenters. The number of aromatic nitrogens is 2. The van der Waals surface area contributed by atoms with E-state index in [1.54, 1.807) is 17.8 Å². The average Bonchev–Trinajstić information content (AvgIpc) is 3.18. The Kier molecular flexibility index (Phi) is 5.47. The third-order valence-corrected chi connectivity index (χ3v) is 7.72. The molecule has 1 N–H and O–H groups in total. The minimum Gasteiger partial charge on any atom is -0.338 e. The summed E-state index contributed by atoms with van der Waals surface area (Å²) in [7, 11) is -3.73. The van der Waals surface area contributed by atoms with Crippen molar-refractivity contribution in [2.45, 2.75) is 17.7 Å². The predicted molar refractivity (Wildman–Crippen MR) is 107 cm³/mol. The van der Waals surface area contributed by atoms with E-state index in [1.807, 2.05) is 6.07 Å². The molecule has 2 aliphatic heterocycles. The molecule has 0 saturated carbocycles. The van der Waals surface area contributed by atoms with Gasteiger partial charge in [-0.2, -0.15) is 0 Å². The zero-order valence-electron chi connectivity index (χ0n) is 15.3. The molecule has 0 bridgehead atoms. The molecule has 0 radical (unpaired) electrons. The minimum absolute atomic E-state index is 0.191. The van der Waals surface area contributed by atoms with Crippen molar-refractivity contribution in [3.8, 4) is 0 Å². The van der Waals surface area contributed by atoms with E-state index in [0.717, 1.165) is 49.4 Å². The Bertz CT molecular complexity index is 925. The Morgan fingerprint density at radius 3 is 2.54 bits per heavy atom. The van der Waals surface area contributed by atoms with Crippen LogP contribution >= 0.6 is 11.3 Å². The van der Waals surface area contributed by atoms with Crippen LogP contribution in [-0.2, 0) is 10.0 Å². The number of carbonyl (C=O) groups is 1. The molecule has 0 aliphatic carbocycles. The number of piperazine rings is 1. The number of fused-ring (bicyclic) bond motifs is 1. The molecule has 0 spiro atoms. The van der Waals surface area contributed by atoms with Crippen molar-refractivity contribution in [3.63, 3.8) is 0 Å². The van der Waals surface area contributed by atoms with Crippen LogP contribution in [0.5, 0.6) is 0 Å². The summed E-state index contributed by atoms with van der Waals surface area (Å²) in [6.07, 6.45) is 4.96. The summed E-state index contributed by atoms with van der Waals surface area (Å²) in [5, 5.41) is 4.73. The number of anilines is 2. The van der Waals surface area contributed by atoms with Gasteiger partial charge in [0, 0.05) is 45.1 Å². The first kappa shape index (κ1) is 19.1. The van der Waals surface area contributed by atoms with Gasteiger partial charge >= 0.3 is 6.03 Å². The quantitative estimate of drug-likeness (QED) is 0.707. The molecule has 4 rings (SSSR count). The second-order valence-corrected chi connectivity index (χ2v) is 9.45. The Hall–Kier alpha value is -2.24. The van der Waals surface area contributed by atoms with E-state index >= 15 is 0 Å². The van der Waals surface area contributed by atoms with Gasteiger partial charge in [0.05, 0.1) is 0 Å². The summed E-state index contributed by atoms with van der Waals surface area (Å²) < 4.78 is 26.1. The molecule has 2 amide bonds. The van der Waals surface area contributed by atoms with Crippen molar-refractivity contribution >= 4 is 38.3 Å². The Balaban J connectivity index is 1.23. The maximum absolute atomic E-state index is 12.6. The summed E-state index contributed by atoms with van der Waals surface area (Å²) >= 11 is 1.22. The number of hydrogen-bond acceptors (Lipinski definition) is 8. The van der Waals surface area contributed by atoms with E-state index in [9.17, 15) is 13.2 Å². The third-order valence-electron chi connectivity index (χ3n) is 4.94. The fourth-order valence-electron chi connectivity index (χ4n) is 3.42. The van der Waals surface area contributed by atoms with Gasteiger partial charge in [-0.25, -0.2) is 27.5 Å². The predicted octanol–water partition coefficient (Wildman–Crippen LogP) is 1.68. The van der Waals surface area contributed by atoms with Crippen molar-refractivity contribution in [1.29, 1.82) is 0 Å². The van der Waals surface area contributed by atoms with Gasteiger partial charge in [0.1, 0.15) is 9.90 Å². The first-order chi connectivity index (χ1) is 13.6. The highest BCUT2D eigenvalue weighted by molar-refractivity contribution is 7.90. The number of urea groups is 1. The van der Waals surface area contributed by atoms with Crippen molar-refractivity contribution in [2.24, 2.45) is 0 Å². The van der Waals surface area contributed by atoms with E-state index in [-0.39, 0.29) is 11.4 Å². The van der Waals surface area contributed by atoms with Crippen LogP contribution in [0.2, 0.25) is 0 Å². The van der Waals surface area contributed by atoms with Gasteiger partial charge in [0.15, 0.2) is 0 Å². The van der Waals surface area contributed by atoms with Crippen LogP contribution in [-0.4, -0.2) is 72.9 Å². The zero-order valence-corrected chi connectivity index (χ0v) is 17.0. The molecule has 2 aromatic rings. The minimum atomic E-state index is -3.73. The average molecular weight is 423 g/mol. The van der Waals surface area contributed by atoms with Gasteiger partial charge in [-0.1, -0.05) is 0 Å². The lowest BCUT2D eigenvalue weighted by Gasteiger charge is -2.34. The standard InChI is InChI=1S/C17H22N6O3S2/c24-17-20-15-14(4-13-27-15)28(25,26)23(17)8-2-1-7-21-9-11-22(12-10-21)16-18-5-3-6-19-16/h3-6,13H,1-2,7-12H2,(H,20,24). The number of sulfonamides is 1. The molecule has 11 heteroatoms. The molecule has 2 aliphatic rings. The molecule has 1 fully saturated rings. The smallest absolute Gasteiger partial charge is 0.336 e. The summed E-state index contributed by atoms with van der Waals surface area (Å²) in [4.78, 5) is 25.4. The molecular formula is C17H22N6O3S2. The summed E-state index contributed by atoms with van der Waals surface area (Å²) in [6.45, 7) is 4.64. The van der Waals surface area contributed by atoms with Crippen LogP contribution in [0.4, 0.5) is 15.7 Å². The fourth-order valence-corrected chi connectivity index (χ4v) is 6.03. The Morgan fingerprint density at radius 1 is 1.07 bits per heavy atom. The molecule has 4 heterocycles. The maximum Gasteiger partial charge on any atom is 0.336 e. The number of carbonyl (C=O) groups excluding carboxylic acids is 1. The number of unbranched alkanes of at least 4 members (excludes halogenated alkanes) is 1. The van der Waals surface area contributed by atoms with Gasteiger partial charge in [-0.05, 0) is 36.9 Å². The normalized spacial score (nSPS) is 19.4. The first-order valence-electron chi connectivity index (χ1n) is 9.21.